The van der Waals surface area contributed by atoms with E-state index in [0.717, 1.165) is 11.4 Å². The number of nitrogens with zero attached hydrogens (tertiary/aromatic N) is 3. The van der Waals surface area contributed by atoms with Crippen LogP contribution in [0.3, 0.4) is 0 Å². The van der Waals surface area contributed by atoms with Gasteiger partial charge in [0.05, 0.1) is 32.0 Å². The molecule has 148 valence electrons. The molecule has 1 heterocycles. The van der Waals surface area contributed by atoms with Gasteiger partial charge in [0.2, 0.25) is 5.78 Å². The van der Waals surface area contributed by atoms with Gasteiger partial charge in [-0.1, -0.05) is 46.9 Å². The lowest BCUT2D eigenvalue weighted by atomic mass is 10.2. The molecular weight excluding hydrogens is 437 g/mol. The van der Waals surface area contributed by atoms with Crippen molar-refractivity contribution in [1.82, 2.24) is 0 Å². The molecule has 0 radical (unpaired) electrons. The molecule has 0 N–H and O–H groups in total. The van der Waals surface area contributed by atoms with E-state index >= 15 is 0 Å². The Kier molecular flexibility index (Phi) is 6.04. The zero-order valence-electron chi connectivity index (χ0n) is 15.4. The summed E-state index contributed by atoms with van der Waals surface area (Å²) in [5.41, 5.74) is 1.42. The molecule has 0 spiro atoms. The molecule has 2 aromatic rings. The zero-order valence-corrected chi connectivity index (χ0v) is 17.6. The van der Waals surface area contributed by atoms with Crippen LogP contribution in [-0.4, -0.2) is 32.5 Å². The summed E-state index contributed by atoms with van der Waals surface area (Å²) in [5.74, 6) is -1.17. The van der Waals surface area contributed by atoms with Crippen LogP contribution in [0, 0.1) is 11.3 Å². The molecule has 0 saturated heterocycles. The van der Waals surface area contributed by atoms with Crippen molar-refractivity contribution in [2.75, 3.05) is 30.5 Å². The minimum Gasteiger partial charge on any atom is -0.454 e. The van der Waals surface area contributed by atoms with E-state index in [2.05, 4.69) is 0 Å². The first-order chi connectivity index (χ1) is 13.8. The van der Waals surface area contributed by atoms with E-state index in [0.29, 0.717) is 5.82 Å². The minimum absolute atomic E-state index is 0.0430. The molecule has 0 atom stereocenters. The van der Waals surface area contributed by atoms with Crippen LogP contribution in [0.25, 0.3) is 0 Å². The Labute approximate surface area is 182 Å². The van der Waals surface area contributed by atoms with Crippen LogP contribution in [0.2, 0.25) is 15.1 Å². The number of hydrogen-bond acceptors (Lipinski definition) is 6. The summed E-state index contributed by atoms with van der Waals surface area (Å²) in [6, 6.07) is 12.2. The highest BCUT2D eigenvalue weighted by Crippen LogP contribution is 2.40. The zero-order chi connectivity index (χ0) is 21.3. The highest BCUT2D eigenvalue weighted by molar-refractivity contribution is 6.46. The third-order valence-corrected chi connectivity index (χ3v) is 5.56. The summed E-state index contributed by atoms with van der Waals surface area (Å²) in [6.45, 7) is -0.650. The number of fused-ring (bicyclic) bond motifs is 1. The highest BCUT2D eigenvalue weighted by atomic mass is 35.5. The van der Waals surface area contributed by atoms with Crippen LogP contribution in [0.5, 0.6) is 0 Å². The van der Waals surface area contributed by atoms with Crippen molar-refractivity contribution >= 4 is 57.9 Å². The van der Waals surface area contributed by atoms with Gasteiger partial charge in [-0.15, -0.1) is 0 Å². The fourth-order valence-corrected chi connectivity index (χ4v) is 3.73. The van der Waals surface area contributed by atoms with Crippen molar-refractivity contribution in [2.24, 2.45) is 0 Å². The Balaban J connectivity index is 1.84. The molecule has 6 nitrogen and oxygen atoms in total. The summed E-state index contributed by atoms with van der Waals surface area (Å²) in [5, 5.41) is 9.70. The van der Waals surface area contributed by atoms with E-state index < -0.39 is 18.4 Å². The first-order valence-corrected chi connectivity index (χ1v) is 9.46. The van der Waals surface area contributed by atoms with Crippen LogP contribution in [0.1, 0.15) is 10.4 Å². The summed E-state index contributed by atoms with van der Waals surface area (Å²) in [6.07, 6.45) is 0. The first kappa shape index (κ1) is 21.0. The van der Waals surface area contributed by atoms with Gasteiger partial charge >= 0.3 is 5.97 Å². The summed E-state index contributed by atoms with van der Waals surface area (Å²) < 4.78 is 5.06. The summed E-state index contributed by atoms with van der Waals surface area (Å²) in [7, 11) is 3.50. The van der Waals surface area contributed by atoms with Crippen molar-refractivity contribution in [3.05, 3.63) is 68.4 Å². The Morgan fingerprint density at radius 1 is 1.00 bits per heavy atom. The van der Waals surface area contributed by atoms with Gasteiger partial charge < -0.3 is 14.5 Å². The second-order valence-corrected chi connectivity index (χ2v) is 7.33. The molecule has 0 aromatic heterocycles. The molecule has 0 saturated carbocycles. The normalized spacial score (nSPS) is 12.5. The second kappa shape index (κ2) is 8.34. The molecule has 3 rings (SSSR count). The van der Waals surface area contributed by atoms with Crippen molar-refractivity contribution in [1.29, 1.82) is 5.26 Å². The second-order valence-electron chi connectivity index (χ2n) is 6.13. The molecule has 0 bridgehead atoms. The monoisotopic (exact) mass is 449 g/mol. The fraction of sp³-hybridized carbons (Fsp3) is 0.150. The number of esters is 1. The molecule has 0 aliphatic carbocycles. The van der Waals surface area contributed by atoms with Crippen molar-refractivity contribution < 1.29 is 14.3 Å². The number of Topliss-reactive ketones (excluding diaryl/α,β-unsaturated/α-hetero) is 1. The Bertz CT molecular complexity index is 1060. The van der Waals surface area contributed by atoms with Gasteiger partial charge in [0.1, 0.15) is 17.5 Å². The number of hydrogen-bond donors (Lipinski definition) is 0. The molecular formula is C20H14Cl3N3O3. The molecule has 0 unspecified atom stereocenters. The van der Waals surface area contributed by atoms with E-state index in [1.165, 1.54) is 12.1 Å². The topological polar surface area (TPSA) is 73.6 Å². The number of rotatable bonds is 4. The molecule has 2 aromatic carbocycles. The smallest absolute Gasteiger partial charge is 0.341 e. The lowest BCUT2D eigenvalue weighted by molar-refractivity contribution is -0.118. The van der Waals surface area contributed by atoms with Gasteiger partial charge in [0.25, 0.3) is 0 Å². The SMILES string of the molecule is CN1C(=C(C#N)C(=O)COC(=O)c2c(Cl)ccc(Cl)c2Cl)N(C)c2ccccc21. The Hall–Kier alpha value is -2.72. The number of carbonyl (C=O) groups excluding carboxylic acids is 2. The van der Waals surface area contributed by atoms with Crippen LogP contribution in [0.15, 0.2) is 47.8 Å². The van der Waals surface area contributed by atoms with E-state index in [1.54, 1.807) is 23.9 Å². The minimum atomic E-state index is -0.908. The fourth-order valence-electron chi connectivity index (χ4n) is 3.05. The highest BCUT2D eigenvalue weighted by Gasteiger charge is 2.31. The lowest BCUT2D eigenvalue weighted by Gasteiger charge is -2.19. The maximum Gasteiger partial charge on any atom is 0.341 e. The molecule has 1 aliphatic rings. The van der Waals surface area contributed by atoms with Crippen molar-refractivity contribution in [3.63, 3.8) is 0 Å². The summed E-state index contributed by atoms with van der Waals surface area (Å²) in [4.78, 5) is 28.5. The Morgan fingerprint density at radius 2 is 1.55 bits per heavy atom. The van der Waals surface area contributed by atoms with Gasteiger partial charge in [-0.3, -0.25) is 4.79 Å². The number of carbonyl (C=O) groups is 2. The number of nitriles is 1. The van der Waals surface area contributed by atoms with Gasteiger partial charge in [-0.25, -0.2) is 4.79 Å². The van der Waals surface area contributed by atoms with Crippen LogP contribution < -0.4 is 9.80 Å². The predicted octanol–water partition coefficient (Wildman–Crippen LogP) is 4.69. The molecule has 1 aliphatic heterocycles. The number of anilines is 2. The van der Waals surface area contributed by atoms with Crippen LogP contribution in [-0.2, 0) is 9.53 Å². The maximum absolute atomic E-state index is 12.7. The standard InChI is InChI=1S/C20H14Cl3N3O3/c1-25-14-5-3-4-6-15(14)26(2)19(25)11(9-24)16(27)10-29-20(28)17-12(21)7-8-13(22)18(17)23/h3-8H,10H2,1-2H3. The van der Waals surface area contributed by atoms with Gasteiger partial charge in [-0.05, 0) is 24.3 Å². The van der Waals surface area contributed by atoms with Crippen molar-refractivity contribution in [3.8, 4) is 6.07 Å². The third kappa shape index (κ3) is 3.77. The Morgan fingerprint density at radius 3 is 2.10 bits per heavy atom. The van der Waals surface area contributed by atoms with Gasteiger partial charge in [-0.2, -0.15) is 5.26 Å². The number of halogens is 3. The number of ether oxygens (including phenoxy) is 1. The average molecular weight is 451 g/mol. The molecule has 9 heteroatoms. The largest absolute Gasteiger partial charge is 0.454 e. The number of ketones is 1. The van der Waals surface area contributed by atoms with Gasteiger partial charge in [0, 0.05) is 14.1 Å². The van der Waals surface area contributed by atoms with Gasteiger partial charge in [0.15, 0.2) is 6.61 Å². The third-order valence-electron chi connectivity index (χ3n) is 4.44. The van der Waals surface area contributed by atoms with E-state index in [-0.39, 0.29) is 26.2 Å². The average Bonchev–Trinajstić information content (AvgIpc) is 2.96. The van der Waals surface area contributed by atoms with Crippen LogP contribution in [0.4, 0.5) is 11.4 Å². The molecule has 29 heavy (non-hydrogen) atoms. The van der Waals surface area contributed by atoms with Crippen molar-refractivity contribution in [2.45, 2.75) is 0 Å². The number of para-hydroxylation sites is 2. The van der Waals surface area contributed by atoms with Crippen LogP contribution >= 0.6 is 34.8 Å². The summed E-state index contributed by atoms with van der Waals surface area (Å²) >= 11 is 17.9. The predicted molar refractivity (Wildman–Crippen MR) is 113 cm³/mol. The lowest BCUT2D eigenvalue weighted by Crippen LogP contribution is -2.28. The van der Waals surface area contributed by atoms with E-state index in [9.17, 15) is 14.9 Å². The maximum atomic E-state index is 12.7. The van der Waals surface area contributed by atoms with E-state index in [4.69, 9.17) is 39.5 Å². The quantitative estimate of drug-likeness (QED) is 0.291. The van der Waals surface area contributed by atoms with E-state index in [1.807, 2.05) is 30.3 Å². The first-order valence-electron chi connectivity index (χ1n) is 8.32. The molecule has 0 amide bonds. The molecule has 0 fully saturated rings. The number of benzene rings is 2.